The van der Waals surface area contributed by atoms with Crippen LogP contribution in [0.4, 0.5) is 0 Å². The molecule has 0 aliphatic carbocycles. The van der Waals surface area contributed by atoms with Crippen molar-refractivity contribution in [3.8, 4) is 0 Å². The molecular weight excluding hydrogens is 223 g/mol. The normalized spacial score (nSPS) is 10.2. The number of rotatable bonds is 4. The van der Waals surface area contributed by atoms with Gasteiger partial charge in [0.15, 0.2) is 5.78 Å². The van der Waals surface area contributed by atoms with Gasteiger partial charge in [-0.25, -0.2) is 0 Å². The average Bonchev–Trinajstić information content (AvgIpc) is 2.18. The molecule has 0 spiro atoms. The van der Waals surface area contributed by atoms with E-state index < -0.39 is 0 Å². The maximum Gasteiger partial charge on any atom is 0.166 e. The highest BCUT2D eigenvalue weighted by atomic mass is 35.5. The largest absolute Gasteiger partial charge is 0.384 e. The minimum absolute atomic E-state index is 0.0562. The lowest BCUT2D eigenvalue weighted by Gasteiger charge is -2.03. The average molecular weight is 233 g/mol. The van der Waals surface area contributed by atoms with E-state index in [1.165, 1.54) is 0 Å². The summed E-state index contributed by atoms with van der Waals surface area (Å²) < 4.78 is 4.81. The van der Waals surface area contributed by atoms with Gasteiger partial charge >= 0.3 is 0 Å². The first-order valence-electron chi connectivity index (χ1n) is 4.13. The van der Waals surface area contributed by atoms with E-state index in [1.54, 1.807) is 25.3 Å². The van der Waals surface area contributed by atoms with Gasteiger partial charge in [-0.05, 0) is 12.1 Å². The third-order valence-corrected chi connectivity index (χ3v) is 2.60. The summed E-state index contributed by atoms with van der Waals surface area (Å²) in [6.45, 7) is 0.391. The molecule has 0 heterocycles. The summed E-state index contributed by atoms with van der Waals surface area (Å²) in [4.78, 5) is 11.6. The lowest BCUT2D eigenvalue weighted by molar-refractivity contribution is 0.0932. The predicted molar refractivity (Wildman–Crippen MR) is 57.3 cm³/mol. The molecule has 1 aromatic carbocycles. The van der Waals surface area contributed by atoms with Crippen LogP contribution in [-0.2, 0) is 4.74 Å². The molecule has 0 unspecified atom stereocenters. The van der Waals surface area contributed by atoms with Gasteiger partial charge in [-0.1, -0.05) is 29.3 Å². The maximum absolute atomic E-state index is 11.6. The smallest absolute Gasteiger partial charge is 0.166 e. The Hall–Kier alpha value is -0.570. The van der Waals surface area contributed by atoms with E-state index in [0.29, 0.717) is 28.6 Å². The molecule has 2 nitrogen and oxygen atoms in total. The number of ether oxygens (including phenoxy) is 1. The van der Waals surface area contributed by atoms with E-state index in [9.17, 15) is 4.79 Å². The Morgan fingerprint density at radius 2 is 2.14 bits per heavy atom. The van der Waals surface area contributed by atoms with Gasteiger partial charge in [0.1, 0.15) is 0 Å². The Kier molecular flexibility index (Phi) is 4.39. The molecule has 0 saturated carbocycles. The van der Waals surface area contributed by atoms with Crippen LogP contribution >= 0.6 is 23.2 Å². The first-order valence-corrected chi connectivity index (χ1v) is 4.88. The fourth-order valence-corrected chi connectivity index (χ4v) is 1.45. The first kappa shape index (κ1) is 11.5. The van der Waals surface area contributed by atoms with E-state index >= 15 is 0 Å². The Labute approximate surface area is 92.8 Å². The number of hydrogen-bond acceptors (Lipinski definition) is 2. The molecule has 0 fully saturated rings. The van der Waals surface area contributed by atoms with E-state index in [-0.39, 0.29) is 5.78 Å². The molecule has 0 aliphatic rings. The van der Waals surface area contributed by atoms with E-state index in [2.05, 4.69) is 0 Å². The highest BCUT2D eigenvalue weighted by molar-refractivity contribution is 6.43. The number of carbonyl (C=O) groups is 1. The minimum atomic E-state index is -0.0562. The summed E-state index contributed by atoms with van der Waals surface area (Å²) in [5, 5.41) is 0.713. The topological polar surface area (TPSA) is 26.3 Å². The highest BCUT2D eigenvalue weighted by Crippen LogP contribution is 2.26. The number of hydrogen-bond donors (Lipinski definition) is 0. The summed E-state index contributed by atoms with van der Waals surface area (Å²) in [5.74, 6) is -0.0562. The lowest BCUT2D eigenvalue weighted by atomic mass is 10.1. The van der Waals surface area contributed by atoms with Gasteiger partial charge in [-0.15, -0.1) is 0 Å². The fourth-order valence-electron chi connectivity index (χ4n) is 1.05. The van der Waals surface area contributed by atoms with Crippen LogP contribution in [0.5, 0.6) is 0 Å². The molecule has 76 valence electrons. The monoisotopic (exact) mass is 232 g/mol. The molecule has 0 saturated heterocycles. The molecule has 1 rings (SSSR count). The molecule has 0 N–H and O–H groups in total. The molecule has 0 aliphatic heterocycles. The van der Waals surface area contributed by atoms with Gasteiger partial charge in [0.2, 0.25) is 0 Å². The summed E-state index contributed by atoms with van der Waals surface area (Å²) in [5.41, 5.74) is 0.455. The standard InChI is InChI=1S/C10H10Cl2O2/c1-14-6-5-9(13)7-3-2-4-8(11)10(7)12/h2-4H,5-6H2,1H3. The molecule has 0 radical (unpaired) electrons. The Morgan fingerprint density at radius 3 is 2.79 bits per heavy atom. The van der Waals surface area contributed by atoms with Crippen LogP contribution in [0.1, 0.15) is 16.8 Å². The van der Waals surface area contributed by atoms with Gasteiger partial charge in [0, 0.05) is 19.1 Å². The zero-order chi connectivity index (χ0) is 10.6. The van der Waals surface area contributed by atoms with E-state index in [1.807, 2.05) is 0 Å². The first-order chi connectivity index (χ1) is 6.66. The number of Topliss-reactive ketones (excluding diaryl/α,β-unsaturated/α-hetero) is 1. The Balaban J connectivity index is 2.84. The third kappa shape index (κ3) is 2.71. The van der Waals surface area contributed by atoms with Gasteiger partial charge < -0.3 is 4.74 Å². The number of benzene rings is 1. The van der Waals surface area contributed by atoms with Crippen molar-refractivity contribution in [2.45, 2.75) is 6.42 Å². The predicted octanol–water partition coefficient (Wildman–Crippen LogP) is 3.21. The van der Waals surface area contributed by atoms with Gasteiger partial charge in [-0.2, -0.15) is 0 Å². The molecule has 14 heavy (non-hydrogen) atoms. The number of carbonyl (C=O) groups excluding carboxylic acids is 1. The third-order valence-electron chi connectivity index (χ3n) is 1.79. The van der Waals surface area contributed by atoms with Crippen LogP contribution in [0.25, 0.3) is 0 Å². The quantitative estimate of drug-likeness (QED) is 0.746. The van der Waals surface area contributed by atoms with Crippen LogP contribution in [0, 0.1) is 0 Å². The van der Waals surface area contributed by atoms with E-state index in [4.69, 9.17) is 27.9 Å². The molecule has 0 bridgehead atoms. The Bertz CT molecular complexity index is 337. The second-order valence-corrected chi connectivity index (χ2v) is 3.55. The van der Waals surface area contributed by atoms with Gasteiger partial charge in [-0.3, -0.25) is 4.79 Å². The number of ketones is 1. The maximum atomic E-state index is 11.6. The van der Waals surface area contributed by atoms with Crippen molar-refractivity contribution in [2.75, 3.05) is 13.7 Å². The van der Waals surface area contributed by atoms with Gasteiger partial charge in [0.25, 0.3) is 0 Å². The fraction of sp³-hybridized carbons (Fsp3) is 0.300. The molecule has 1 aromatic rings. The van der Waals surface area contributed by atoms with Crippen molar-refractivity contribution in [2.24, 2.45) is 0 Å². The van der Waals surface area contributed by atoms with Crippen molar-refractivity contribution >= 4 is 29.0 Å². The zero-order valence-electron chi connectivity index (χ0n) is 7.72. The van der Waals surface area contributed by atoms with E-state index in [0.717, 1.165) is 0 Å². The van der Waals surface area contributed by atoms with Gasteiger partial charge in [0.05, 0.1) is 16.7 Å². The van der Waals surface area contributed by atoms with Crippen molar-refractivity contribution in [3.63, 3.8) is 0 Å². The summed E-state index contributed by atoms with van der Waals surface area (Å²) >= 11 is 11.6. The molecule has 4 heteroatoms. The molecular formula is C10H10Cl2O2. The zero-order valence-corrected chi connectivity index (χ0v) is 9.23. The van der Waals surface area contributed by atoms with Crippen LogP contribution in [0.3, 0.4) is 0 Å². The second kappa shape index (κ2) is 5.35. The van der Waals surface area contributed by atoms with Crippen LogP contribution in [0.15, 0.2) is 18.2 Å². The number of methoxy groups -OCH3 is 1. The van der Waals surface area contributed by atoms with Crippen LogP contribution in [-0.4, -0.2) is 19.5 Å². The number of halogens is 2. The molecule has 0 amide bonds. The van der Waals surface area contributed by atoms with Crippen molar-refractivity contribution in [1.82, 2.24) is 0 Å². The summed E-state index contributed by atoms with van der Waals surface area (Å²) in [6, 6.07) is 5.01. The van der Waals surface area contributed by atoms with Crippen molar-refractivity contribution in [3.05, 3.63) is 33.8 Å². The second-order valence-electron chi connectivity index (χ2n) is 2.77. The molecule has 0 aromatic heterocycles. The SMILES string of the molecule is COCCC(=O)c1cccc(Cl)c1Cl. The summed E-state index contributed by atoms with van der Waals surface area (Å²) in [6.07, 6.45) is 0.316. The Morgan fingerprint density at radius 1 is 1.43 bits per heavy atom. The van der Waals surface area contributed by atoms with Crippen molar-refractivity contribution < 1.29 is 9.53 Å². The van der Waals surface area contributed by atoms with Crippen LogP contribution in [0.2, 0.25) is 10.0 Å². The van der Waals surface area contributed by atoms with Crippen LogP contribution < -0.4 is 0 Å². The minimum Gasteiger partial charge on any atom is -0.384 e. The summed E-state index contributed by atoms with van der Waals surface area (Å²) in [7, 11) is 1.55. The lowest BCUT2D eigenvalue weighted by Crippen LogP contribution is -2.04. The highest BCUT2D eigenvalue weighted by Gasteiger charge is 2.11. The molecule has 0 atom stereocenters. The van der Waals surface area contributed by atoms with Crippen molar-refractivity contribution in [1.29, 1.82) is 0 Å².